The molecule has 7 nitrogen and oxygen atoms in total. The smallest absolute Gasteiger partial charge is 0.327 e. The highest BCUT2D eigenvalue weighted by molar-refractivity contribution is 6.07. The van der Waals surface area contributed by atoms with Crippen LogP contribution in [0.2, 0.25) is 0 Å². The maximum atomic E-state index is 13.7. The summed E-state index contributed by atoms with van der Waals surface area (Å²) in [6, 6.07) is 7.40. The number of hydrogen-bond donors (Lipinski definition) is 0. The molecule has 1 atom stereocenters. The molecule has 0 aromatic heterocycles. The number of piperidine rings is 1. The number of amides is 3. The summed E-state index contributed by atoms with van der Waals surface area (Å²) in [7, 11) is 3.29. The van der Waals surface area contributed by atoms with Gasteiger partial charge in [0.15, 0.2) is 0 Å². The number of hydrogen-bond acceptors (Lipinski definition) is 5. The van der Waals surface area contributed by atoms with Crippen LogP contribution in [0.3, 0.4) is 0 Å². The van der Waals surface area contributed by atoms with Crippen molar-refractivity contribution >= 4 is 11.9 Å². The molecule has 3 amide bonds. The molecule has 0 N–H and O–H groups in total. The second kappa shape index (κ2) is 10.7. The average Bonchev–Trinajstić information content (AvgIpc) is 3.03. The fraction of sp³-hybridized carbons (Fsp3) is 0.615. The molecule has 180 valence electrons. The van der Waals surface area contributed by atoms with E-state index < -0.39 is 5.54 Å². The molecule has 2 aliphatic heterocycles. The van der Waals surface area contributed by atoms with E-state index >= 15 is 0 Å². The van der Waals surface area contributed by atoms with E-state index in [9.17, 15) is 9.59 Å². The maximum Gasteiger partial charge on any atom is 0.327 e. The lowest BCUT2D eigenvalue weighted by molar-refractivity contribution is -0.136. The van der Waals surface area contributed by atoms with Crippen LogP contribution < -0.4 is 4.74 Å². The summed E-state index contributed by atoms with van der Waals surface area (Å²) in [6.07, 6.45) is 10.3. The number of imide groups is 1. The number of nitrogens with zero attached hydrogens (tertiary/aromatic N) is 3. The quantitative estimate of drug-likeness (QED) is 0.323. The van der Waals surface area contributed by atoms with Crippen LogP contribution in [0.15, 0.2) is 36.4 Å². The summed E-state index contributed by atoms with van der Waals surface area (Å²) >= 11 is 0. The van der Waals surface area contributed by atoms with Crippen LogP contribution in [0.25, 0.3) is 0 Å². The summed E-state index contributed by atoms with van der Waals surface area (Å²) in [6.45, 7) is 4.22. The largest absolute Gasteiger partial charge is 0.497 e. The molecule has 1 aliphatic carbocycles. The van der Waals surface area contributed by atoms with Crippen LogP contribution in [0.5, 0.6) is 5.75 Å². The first-order valence-electron chi connectivity index (χ1n) is 12.2. The summed E-state index contributed by atoms with van der Waals surface area (Å²) in [4.78, 5) is 33.0. The molecule has 1 spiro atoms. The van der Waals surface area contributed by atoms with Gasteiger partial charge >= 0.3 is 6.03 Å². The molecule has 1 aromatic rings. The number of carbonyl (C=O) groups is 2. The lowest BCUT2D eigenvalue weighted by Crippen LogP contribution is -2.57. The Labute approximate surface area is 197 Å². The highest BCUT2D eigenvalue weighted by Crippen LogP contribution is 2.38. The molecule has 3 aliphatic rings. The van der Waals surface area contributed by atoms with Gasteiger partial charge in [0.05, 0.1) is 13.7 Å². The molecule has 1 aromatic carbocycles. The minimum atomic E-state index is -0.722. The van der Waals surface area contributed by atoms with Crippen LogP contribution >= 0.6 is 0 Å². The van der Waals surface area contributed by atoms with Crippen molar-refractivity contribution in [1.82, 2.24) is 14.7 Å². The van der Waals surface area contributed by atoms with Gasteiger partial charge in [-0.2, -0.15) is 0 Å². The lowest BCUT2D eigenvalue weighted by Gasteiger charge is -2.43. The highest BCUT2D eigenvalue weighted by Gasteiger charge is 2.57. The molecule has 2 fully saturated rings. The second-order valence-corrected chi connectivity index (χ2v) is 9.50. The molecule has 7 heteroatoms. The van der Waals surface area contributed by atoms with Crippen LogP contribution in [-0.2, 0) is 16.1 Å². The molecular formula is C26H37N3O4. The van der Waals surface area contributed by atoms with E-state index in [4.69, 9.17) is 9.47 Å². The Morgan fingerprint density at radius 2 is 1.82 bits per heavy atom. The SMILES string of the molecule is COCCCN1C(=O)N(Cc2ccc(OC)cc2)C(=O)C12CCN(CC1CC=CCC1)CC2. The fourth-order valence-electron chi connectivity index (χ4n) is 5.49. The third-order valence-electron chi connectivity index (χ3n) is 7.43. The van der Waals surface area contributed by atoms with E-state index in [-0.39, 0.29) is 11.9 Å². The van der Waals surface area contributed by atoms with Crippen LogP contribution in [0, 0.1) is 5.92 Å². The minimum absolute atomic E-state index is 0.0408. The first-order chi connectivity index (χ1) is 16.1. The monoisotopic (exact) mass is 455 g/mol. The molecule has 4 rings (SSSR count). The van der Waals surface area contributed by atoms with Crippen molar-refractivity contribution in [3.05, 3.63) is 42.0 Å². The fourth-order valence-corrected chi connectivity index (χ4v) is 5.49. The van der Waals surface area contributed by atoms with Gasteiger partial charge < -0.3 is 19.3 Å². The van der Waals surface area contributed by atoms with Gasteiger partial charge in [-0.05, 0) is 62.1 Å². The normalized spacial score (nSPS) is 23.0. The van der Waals surface area contributed by atoms with Crippen LogP contribution in [0.4, 0.5) is 4.79 Å². The predicted octanol–water partition coefficient (Wildman–Crippen LogP) is 3.69. The van der Waals surface area contributed by atoms with Gasteiger partial charge in [0.1, 0.15) is 11.3 Å². The average molecular weight is 456 g/mol. The Balaban J connectivity index is 1.47. The van der Waals surface area contributed by atoms with E-state index in [1.807, 2.05) is 29.2 Å². The van der Waals surface area contributed by atoms with E-state index in [1.54, 1.807) is 14.2 Å². The zero-order chi connectivity index (χ0) is 23.3. The number of ether oxygens (including phenoxy) is 2. The van der Waals surface area contributed by atoms with E-state index in [2.05, 4.69) is 17.1 Å². The Morgan fingerprint density at radius 1 is 1.06 bits per heavy atom. The third kappa shape index (κ3) is 5.09. The van der Waals surface area contributed by atoms with Crippen LogP contribution in [-0.4, -0.2) is 79.2 Å². The first-order valence-corrected chi connectivity index (χ1v) is 12.2. The second-order valence-electron chi connectivity index (χ2n) is 9.50. The molecular weight excluding hydrogens is 418 g/mol. The van der Waals surface area contributed by atoms with Crippen LogP contribution in [0.1, 0.15) is 44.1 Å². The Hall–Kier alpha value is -2.38. The van der Waals surface area contributed by atoms with Crippen molar-refractivity contribution in [2.75, 3.05) is 47.0 Å². The number of benzene rings is 1. The number of rotatable bonds is 9. The van der Waals surface area contributed by atoms with Crippen molar-refractivity contribution in [3.63, 3.8) is 0 Å². The van der Waals surface area contributed by atoms with Gasteiger partial charge in [0, 0.05) is 39.9 Å². The summed E-state index contributed by atoms with van der Waals surface area (Å²) in [5, 5.41) is 0. The van der Waals surface area contributed by atoms with Crippen molar-refractivity contribution in [3.8, 4) is 5.75 Å². The Bertz CT molecular complexity index is 846. The standard InChI is InChI=1S/C26H37N3O4/c1-32-18-6-15-29-25(31)28(20-22-9-11-23(33-2)12-10-22)24(30)26(29)13-16-27(17-14-26)19-21-7-4-3-5-8-21/h3-4,9-12,21H,5-8,13-20H2,1-2H3. The predicted molar refractivity (Wildman–Crippen MR) is 127 cm³/mol. The Kier molecular flexibility index (Phi) is 7.71. The van der Waals surface area contributed by atoms with Gasteiger partial charge in [0.2, 0.25) is 0 Å². The van der Waals surface area contributed by atoms with Crippen molar-refractivity contribution in [2.45, 2.75) is 50.6 Å². The van der Waals surface area contributed by atoms with Crippen molar-refractivity contribution < 1.29 is 19.1 Å². The number of allylic oxidation sites excluding steroid dienone is 2. The zero-order valence-electron chi connectivity index (χ0n) is 20.0. The van der Waals surface area contributed by atoms with Gasteiger partial charge in [-0.15, -0.1) is 0 Å². The zero-order valence-corrected chi connectivity index (χ0v) is 20.0. The van der Waals surface area contributed by atoms with Gasteiger partial charge in [0.25, 0.3) is 5.91 Å². The molecule has 2 heterocycles. The van der Waals surface area contributed by atoms with Crippen molar-refractivity contribution in [2.24, 2.45) is 5.92 Å². The number of carbonyl (C=O) groups excluding carboxylic acids is 2. The third-order valence-corrected chi connectivity index (χ3v) is 7.43. The molecule has 0 radical (unpaired) electrons. The molecule has 0 bridgehead atoms. The van der Waals surface area contributed by atoms with Gasteiger partial charge in [-0.25, -0.2) is 4.79 Å². The van der Waals surface area contributed by atoms with E-state index in [0.717, 1.165) is 43.8 Å². The maximum absolute atomic E-state index is 13.7. The van der Waals surface area contributed by atoms with Crippen molar-refractivity contribution in [1.29, 1.82) is 0 Å². The lowest BCUT2D eigenvalue weighted by atomic mass is 9.84. The Morgan fingerprint density at radius 3 is 2.45 bits per heavy atom. The van der Waals surface area contributed by atoms with Gasteiger partial charge in [-0.3, -0.25) is 9.69 Å². The van der Waals surface area contributed by atoms with E-state index in [0.29, 0.717) is 38.5 Å². The first kappa shape index (κ1) is 23.8. The summed E-state index contributed by atoms with van der Waals surface area (Å²) in [5.41, 5.74) is 0.203. The van der Waals surface area contributed by atoms with Gasteiger partial charge in [-0.1, -0.05) is 24.3 Å². The number of urea groups is 1. The molecule has 0 saturated carbocycles. The molecule has 1 unspecified atom stereocenters. The minimum Gasteiger partial charge on any atom is -0.497 e. The highest BCUT2D eigenvalue weighted by atomic mass is 16.5. The molecule has 33 heavy (non-hydrogen) atoms. The summed E-state index contributed by atoms with van der Waals surface area (Å²) in [5.74, 6) is 1.42. The summed E-state index contributed by atoms with van der Waals surface area (Å²) < 4.78 is 10.5. The topological polar surface area (TPSA) is 62.3 Å². The number of likely N-dealkylation sites (tertiary alicyclic amines) is 1. The number of methoxy groups -OCH3 is 2. The molecule has 2 saturated heterocycles. The van der Waals surface area contributed by atoms with E-state index in [1.165, 1.54) is 17.7 Å².